The Bertz CT molecular complexity index is 1170. The zero-order valence-corrected chi connectivity index (χ0v) is 16.2. The minimum absolute atomic E-state index is 0.0176. The molecule has 0 aliphatic rings. The molecule has 0 saturated heterocycles. The van der Waals surface area contributed by atoms with E-state index >= 15 is 0 Å². The summed E-state index contributed by atoms with van der Waals surface area (Å²) in [6.07, 6.45) is -4.87. The number of carbonyl (C=O) groups is 2. The van der Waals surface area contributed by atoms with Gasteiger partial charge in [0.15, 0.2) is 4.80 Å². The van der Waals surface area contributed by atoms with Gasteiger partial charge in [0, 0.05) is 10.6 Å². The van der Waals surface area contributed by atoms with Crippen LogP contribution >= 0.6 is 22.9 Å². The number of fused-ring (bicyclic) bond motifs is 1. The van der Waals surface area contributed by atoms with Gasteiger partial charge in [0.25, 0.3) is 5.91 Å². The van der Waals surface area contributed by atoms with E-state index in [-0.39, 0.29) is 15.1 Å². The molecule has 0 bridgehead atoms. The quantitative estimate of drug-likeness (QED) is 0.635. The molecular weight excluding hydrogens is 433 g/mol. The van der Waals surface area contributed by atoms with Gasteiger partial charge in [0.1, 0.15) is 11.8 Å². The van der Waals surface area contributed by atoms with Crippen LogP contribution in [0, 0.1) is 0 Å². The minimum atomic E-state index is -4.87. The zero-order chi connectivity index (χ0) is 21.3. The molecule has 1 unspecified atom stereocenters. The van der Waals surface area contributed by atoms with Gasteiger partial charge in [-0.05, 0) is 43.3 Å². The Morgan fingerprint density at radius 3 is 2.59 bits per heavy atom. The lowest BCUT2D eigenvalue weighted by Crippen LogP contribution is -2.25. The lowest BCUT2D eigenvalue weighted by molar-refractivity contribution is -0.274. The molecule has 3 rings (SSSR count). The first kappa shape index (κ1) is 20.9. The maximum absolute atomic E-state index is 12.5. The third-order valence-corrected chi connectivity index (χ3v) is 5.10. The van der Waals surface area contributed by atoms with Crippen molar-refractivity contribution >= 4 is 45.0 Å². The van der Waals surface area contributed by atoms with E-state index in [0.29, 0.717) is 10.5 Å². The fourth-order valence-corrected chi connectivity index (χ4v) is 3.87. The molecule has 1 atom stereocenters. The molecule has 0 spiro atoms. The number of thiazole rings is 1. The number of halogens is 4. The van der Waals surface area contributed by atoms with E-state index in [2.05, 4.69) is 9.73 Å². The first-order valence-electron chi connectivity index (χ1n) is 8.03. The molecule has 1 N–H and O–H groups in total. The molecule has 1 amide bonds. The molecule has 152 valence electrons. The van der Waals surface area contributed by atoms with Gasteiger partial charge in [-0.2, -0.15) is 4.99 Å². The van der Waals surface area contributed by atoms with Gasteiger partial charge in [-0.1, -0.05) is 29.0 Å². The number of nitrogens with zero attached hydrogens (tertiary/aromatic N) is 2. The van der Waals surface area contributed by atoms with Gasteiger partial charge in [-0.3, -0.25) is 4.79 Å². The Balaban J connectivity index is 2.17. The van der Waals surface area contributed by atoms with E-state index in [1.807, 2.05) is 0 Å². The highest BCUT2D eigenvalue weighted by Crippen LogP contribution is 2.29. The Kier molecular flexibility index (Phi) is 5.67. The van der Waals surface area contributed by atoms with Crippen LogP contribution in [0.15, 0.2) is 47.5 Å². The monoisotopic (exact) mass is 444 g/mol. The summed E-state index contributed by atoms with van der Waals surface area (Å²) in [5, 5.41) is 9.72. The van der Waals surface area contributed by atoms with Gasteiger partial charge in [0.2, 0.25) is 0 Å². The summed E-state index contributed by atoms with van der Waals surface area (Å²) in [6.45, 7) is 1.37. The second kappa shape index (κ2) is 7.88. The van der Waals surface area contributed by atoms with Crippen molar-refractivity contribution in [1.29, 1.82) is 0 Å². The Hall–Kier alpha value is -2.85. The van der Waals surface area contributed by atoms with Gasteiger partial charge in [-0.15, -0.1) is 13.2 Å². The highest BCUT2D eigenvalue weighted by Gasteiger charge is 2.31. The van der Waals surface area contributed by atoms with Gasteiger partial charge in [0.05, 0.1) is 10.2 Å². The standard InChI is InChI=1S/C18H12ClF3N2O4S/c1-9(16(26)27)24-13-6-5-12(28-18(20,21)22)8-14(13)29-17(24)23-15(25)10-3-2-4-11(19)7-10/h2-9H,1H3,(H,26,27). The molecule has 0 saturated carbocycles. The van der Waals surface area contributed by atoms with Gasteiger partial charge in [-0.25, -0.2) is 4.79 Å². The summed E-state index contributed by atoms with van der Waals surface area (Å²) >= 11 is 6.74. The van der Waals surface area contributed by atoms with E-state index in [9.17, 15) is 27.9 Å². The predicted octanol–water partition coefficient (Wildman–Crippen LogP) is 4.64. The molecule has 3 aromatic rings. The van der Waals surface area contributed by atoms with Crippen LogP contribution in [0.3, 0.4) is 0 Å². The van der Waals surface area contributed by atoms with Crippen molar-refractivity contribution in [2.24, 2.45) is 4.99 Å². The normalized spacial score (nSPS) is 13.5. The second-order valence-electron chi connectivity index (χ2n) is 5.87. The molecule has 0 aliphatic carbocycles. The fraction of sp³-hybridized carbons (Fsp3) is 0.167. The molecule has 11 heteroatoms. The zero-order valence-electron chi connectivity index (χ0n) is 14.6. The molecule has 6 nitrogen and oxygen atoms in total. The van der Waals surface area contributed by atoms with Crippen LogP contribution in [-0.4, -0.2) is 27.9 Å². The number of benzene rings is 2. The number of hydrogen-bond acceptors (Lipinski definition) is 4. The van der Waals surface area contributed by atoms with Crippen molar-refractivity contribution in [1.82, 2.24) is 4.57 Å². The van der Waals surface area contributed by atoms with Gasteiger partial charge >= 0.3 is 12.3 Å². The van der Waals surface area contributed by atoms with Crippen LogP contribution in [0.2, 0.25) is 5.02 Å². The van der Waals surface area contributed by atoms with E-state index in [4.69, 9.17) is 11.6 Å². The van der Waals surface area contributed by atoms with Crippen molar-refractivity contribution in [3.8, 4) is 5.75 Å². The first-order valence-corrected chi connectivity index (χ1v) is 9.23. The largest absolute Gasteiger partial charge is 0.573 e. The molecule has 2 aromatic carbocycles. The highest BCUT2D eigenvalue weighted by atomic mass is 35.5. The maximum Gasteiger partial charge on any atom is 0.573 e. The Morgan fingerprint density at radius 1 is 1.24 bits per heavy atom. The fourth-order valence-electron chi connectivity index (χ4n) is 2.56. The smallest absolute Gasteiger partial charge is 0.480 e. The number of ether oxygens (including phenoxy) is 1. The van der Waals surface area contributed by atoms with E-state index in [1.165, 1.54) is 29.7 Å². The number of aromatic nitrogens is 1. The Labute approximate surface area is 170 Å². The average Bonchev–Trinajstić information content (AvgIpc) is 2.96. The summed E-state index contributed by atoms with van der Waals surface area (Å²) in [5.41, 5.74) is 0.489. The van der Waals surface area contributed by atoms with Crippen LogP contribution in [0.25, 0.3) is 10.2 Å². The lowest BCUT2D eigenvalue weighted by Gasteiger charge is -2.11. The first-order chi connectivity index (χ1) is 13.5. The van der Waals surface area contributed by atoms with Crippen molar-refractivity contribution in [2.45, 2.75) is 19.3 Å². The third-order valence-electron chi connectivity index (χ3n) is 3.85. The van der Waals surface area contributed by atoms with Crippen LogP contribution in [0.4, 0.5) is 13.2 Å². The second-order valence-corrected chi connectivity index (χ2v) is 7.32. The van der Waals surface area contributed by atoms with Crippen molar-refractivity contribution in [3.05, 3.63) is 57.9 Å². The molecule has 0 aliphatic heterocycles. The van der Waals surface area contributed by atoms with E-state index < -0.39 is 30.0 Å². The topological polar surface area (TPSA) is 80.9 Å². The number of aliphatic carboxylic acids is 1. The summed E-state index contributed by atoms with van der Waals surface area (Å²) in [6, 6.07) is 8.38. The van der Waals surface area contributed by atoms with Crippen LogP contribution in [-0.2, 0) is 4.79 Å². The van der Waals surface area contributed by atoms with Crippen LogP contribution in [0.5, 0.6) is 5.75 Å². The minimum Gasteiger partial charge on any atom is -0.480 e. The number of alkyl halides is 3. The molecule has 0 fully saturated rings. The number of carboxylic acids is 1. The SMILES string of the molecule is CC(C(=O)O)n1c(=NC(=O)c2cccc(Cl)c2)sc2cc(OC(F)(F)F)ccc21. The summed E-state index contributed by atoms with van der Waals surface area (Å²) in [4.78, 5) is 28.0. The maximum atomic E-state index is 12.5. The summed E-state index contributed by atoms with van der Waals surface area (Å²) in [5.74, 6) is -2.33. The number of rotatable bonds is 4. The number of hydrogen-bond donors (Lipinski definition) is 1. The number of carbonyl (C=O) groups excluding carboxylic acids is 1. The molecule has 1 heterocycles. The van der Waals surface area contributed by atoms with Crippen LogP contribution in [0.1, 0.15) is 23.3 Å². The van der Waals surface area contributed by atoms with Crippen molar-refractivity contribution in [3.63, 3.8) is 0 Å². The van der Waals surface area contributed by atoms with E-state index in [0.717, 1.165) is 23.5 Å². The van der Waals surface area contributed by atoms with Gasteiger partial charge < -0.3 is 14.4 Å². The van der Waals surface area contributed by atoms with Crippen LogP contribution < -0.4 is 9.54 Å². The molecule has 29 heavy (non-hydrogen) atoms. The van der Waals surface area contributed by atoms with Crippen molar-refractivity contribution in [2.75, 3.05) is 0 Å². The molecule has 1 aromatic heterocycles. The lowest BCUT2D eigenvalue weighted by atomic mass is 10.2. The van der Waals surface area contributed by atoms with Crippen molar-refractivity contribution < 1.29 is 32.6 Å². The third kappa shape index (κ3) is 4.77. The molecule has 0 radical (unpaired) electrons. The van der Waals surface area contributed by atoms with E-state index in [1.54, 1.807) is 12.1 Å². The number of carboxylic acid groups (broad SMARTS) is 1. The summed E-state index contributed by atoms with van der Waals surface area (Å²) in [7, 11) is 0. The molecular formula is C18H12ClF3N2O4S. The highest BCUT2D eigenvalue weighted by molar-refractivity contribution is 7.16. The Morgan fingerprint density at radius 2 is 1.97 bits per heavy atom. The number of amides is 1. The average molecular weight is 445 g/mol. The summed E-state index contributed by atoms with van der Waals surface area (Å²) < 4.78 is 42.9. The predicted molar refractivity (Wildman–Crippen MR) is 100 cm³/mol.